The van der Waals surface area contributed by atoms with E-state index >= 15 is 0 Å². The Bertz CT molecular complexity index is 493. The average Bonchev–Trinajstić information content (AvgIpc) is 2.29. The van der Waals surface area contributed by atoms with E-state index in [2.05, 4.69) is 15.9 Å². The first kappa shape index (κ1) is 15.3. The smallest absolute Gasteiger partial charge is 0.207 e. The first-order valence-electron chi connectivity index (χ1n) is 4.80. The van der Waals surface area contributed by atoms with E-state index in [1.165, 1.54) is 16.4 Å². The third kappa shape index (κ3) is 3.86. The van der Waals surface area contributed by atoms with Crippen LogP contribution in [0, 0.1) is 0 Å². The zero-order valence-corrected chi connectivity index (χ0v) is 13.5. The van der Waals surface area contributed by atoms with Crippen molar-refractivity contribution in [1.29, 1.82) is 0 Å². The zero-order chi connectivity index (χ0) is 13.1. The van der Waals surface area contributed by atoms with Crippen LogP contribution in [0.5, 0.6) is 0 Å². The fourth-order valence-electron chi connectivity index (χ4n) is 1.16. The van der Waals surface area contributed by atoms with Crippen molar-refractivity contribution in [1.82, 2.24) is 4.31 Å². The Morgan fingerprint density at radius 3 is 2.65 bits per heavy atom. The van der Waals surface area contributed by atoms with E-state index in [-0.39, 0.29) is 4.90 Å². The summed E-state index contributed by atoms with van der Waals surface area (Å²) in [7, 11) is -1.84. The zero-order valence-electron chi connectivity index (χ0n) is 9.48. The third-order valence-electron chi connectivity index (χ3n) is 2.21. The van der Waals surface area contributed by atoms with Gasteiger partial charge in [0.1, 0.15) is 0 Å². The monoisotopic (exact) mass is 357 g/mol. The number of hydrogen-bond acceptors (Lipinski definition) is 3. The number of halogens is 2. The molecule has 0 unspecified atom stereocenters. The average molecular weight is 359 g/mol. The molecule has 1 aromatic rings. The predicted octanol–water partition coefficient (Wildman–Crippen LogP) is 3.09. The summed E-state index contributed by atoms with van der Waals surface area (Å²) in [5.41, 5.74) is 0. The Labute approximate surface area is 120 Å². The Hall–Kier alpha value is 0.250. The van der Waals surface area contributed by atoms with E-state index in [0.29, 0.717) is 16.0 Å². The van der Waals surface area contributed by atoms with Crippen LogP contribution in [0.3, 0.4) is 0 Å². The summed E-state index contributed by atoms with van der Waals surface area (Å²) < 4.78 is 26.2. The molecule has 1 rings (SSSR count). The molecule has 96 valence electrons. The summed E-state index contributed by atoms with van der Waals surface area (Å²) >= 11 is 10.7. The van der Waals surface area contributed by atoms with Gasteiger partial charge in [-0.1, -0.05) is 11.6 Å². The molecule has 0 N–H and O–H groups in total. The summed E-state index contributed by atoms with van der Waals surface area (Å²) in [4.78, 5) is 0.248. The molecule has 0 fully saturated rings. The van der Waals surface area contributed by atoms with Crippen LogP contribution in [0.25, 0.3) is 0 Å². The van der Waals surface area contributed by atoms with E-state index in [1.807, 2.05) is 6.26 Å². The van der Waals surface area contributed by atoms with Gasteiger partial charge in [-0.25, -0.2) is 12.7 Å². The van der Waals surface area contributed by atoms with Gasteiger partial charge in [0.15, 0.2) is 0 Å². The molecule has 0 radical (unpaired) electrons. The Kier molecular flexibility index (Phi) is 5.79. The molecule has 0 bridgehead atoms. The maximum absolute atomic E-state index is 12.2. The van der Waals surface area contributed by atoms with Gasteiger partial charge in [0, 0.05) is 23.8 Å². The van der Waals surface area contributed by atoms with Crippen molar-refractivity contribution in [2.45, 2.75) is 4.90 Å². The first-order chi connectivity index (χ1) is 7.89. The Morgan fingerprint density at radius 2 is 2.12 bits per heavy atom. The van der Waals surface area contributed by atoms with Crippen molar-refractivity contribution >= 4 is 49.3 Å². The topological polar surface area (TPSA) is 37.4 Å². The predicted molar refractivity (Wildman–Crippen MR) is 77.3 cm³/mol. The minimum absolute atomic E-state index is 0.248. The highest BCUT2D eigenvalue weighted by atomic mass is 79.9. The van der Waals surface area contributed by atoms with Crippen LogP contribution < -0.4 is 0 Å². The van der Waals surface area contributed by atoms with E-state index in [0.717, 1.165) is 5.75 Å². The van der Waals surface area contributed by atoms with Crippen LogP contribution in [-0.2, 0) is 10.0 Å². The lowest BCUT2D eigenvalue weighted by Crippen LogP contribution is -2.29. The van der Waals surface area contributed by atoms with E-state index in [4.69, 9.17) is 11.6 Å². The van der Waals surface area contributed by atoms with E-state index in [1.54, 1.807) is 24.9 Å². The molecule has 0 spiro atoms. The molecule has 0 aliphatic heterocycles. The molecular formula is C10H13BrClNO2S2. The lowest BCUT2D eigenvalue weighted by atomic mass is 10.4. The molecule has 0 heterocycles. The molecule has 1 aromatic carbocycles. The molecule has 0 saturated carbocycles. The molecule has 0 amide bonds. The molecule has 0 aromatic heterocycles. The van der Waals surface area contributed by atoms with Crippen LogP contribution in [0.4, 0.5) is 0 Å². The number of benzene rings is 1. The highest BCUT2D eigenvalue weighted by Gasteiger charge is 2.20. The fourth-order valence-corrected chi connectivity index (χ4v) is 3.58. The highest BCUT2D eigenvalue weighted by molar-refractivity contribution is 9.10. The van der Waals surface area contributed by atoms with Gasteiger partial charge in [0.05, 0.1) is 9.92 Å². The quantitative estimate of drug-likeness (QED) is 0.811. The Balaban J connectivity index is 3.00. The maximum atomic E-state index is 12.2. The van der Waals surface area contributed by atoms with Crippen LogP contribution in [0.2, 0.25) is 5.02 Å². The van der Waals surface area contributed by atoms with Gasteiger partial charge in [-0.2, -0.15) is 11.8 Å². The second-order valence-corrected chi connectivity index (χ2v) is 7.69. The summed E-state index contributed by atoms with van der Waals surface area (Å²) in [5.74, 6) is 0.768. The van der Waals surface area contributed by atoms with Crippen molar-refractivity contribution < 1.29 is 8.42 Å². The van der Waals surface area contributed by atoms with Crippen molar-refractivity contribution in [3.8, 4) is 0 Å². The lowest BCUT2D eigenvalue weighted by Gasteiger charge is -2.16. The highest BCUT2D eigenvalue weighted by Crippen LogP contribution is 2.26. The molecule has 0 saturated heterocycles. The molecule has 0 aliphatic carbocycles. The lowest BCUT2D eigenvalue weighted by molar-refractivity contribution is 0.488. The first-order valence-corrected chi connectivity index (χ1v) is 8.80. The SMILES string of the molecule is CSCCN(C)S(=O)(=O)c1ccc(Cl)c(Br)c1. The standard InChI is InChI=1S/C10H13BrClNO2S2/c1-13(5-6-16-2)17(14,15)8-3-4-10(12)9(11)7-8/h3-4,7H,5-6H2,1-2H3. The minimum Gasteiger partial charge on any atom is -0.207 e. The van der Waals surface area contributed by atoms with E-state index in [9.17, 15) is 8.42 Å². The third-order valence-corrected chi connectivity index (χ3v) is 5.87. The number of rotatable bonds is 5. The Morgan fingerprint density at radius 1 is 1.47 bits per heavy atom. The number of nitrogens with zero attached hydrogens (tertiary/aromatic N) is 1. The molecule has 0 aliphatic rings. The van der Waals surface area contributed by atoms with Crippen molar-refractivity contribution in [2.24, 2.45) is 0 Å². The minimum atomic E-state index is -3.42. The molecule has 7 heteroatoms. The molecule has 3 nitrogen and oxygen atoms in total. The van der Waals surface area contributed by atoms with Gasteiger partial charge in [0.25, 0.3) is 0 Å². The summed E-state index contributed by atoms with van der Waals surface area (Å²) in [6.07, 6.45) is 1.94. The van der Waals surface area contributed by atoms with Crippen LogP contribution in [-0.4, -0.2) is 38.3 Å². The summed E-state index contributed by atoms with van der Waals surface area (Å²) in [6, 6.07) is 4.60. The van der Waals surface area contributed by atoms with Gasteiger partial charge in [-0.15, -0.1) is 0 Å². The van der Waals surface area contributed by atoms with Crippen LogP contribution in [0.15, 0.2) is 27.6 Å². The van der Waals surface area contributed by atoms with Gasteiger partial charge in [-0.3, -0.25) is 0 Å². The van der Waals surface area contributed by atoms with Crippen LogP contribution >= 0.6 is 39.3 Å². The second kappa shape index (κ2) is 6.43. The summed E-state index contributed by atoms with van der Waals surface area (Å²) in [6.45, 7) is 0.490. The molecule has 0 atom stereocenters. The molecule has 17 heavy (non-hydrogen) atoms. The fraction of sp³-hybridized carbons (Fsp3) is 0.400. The number of sulfonamides is 1. The van der Waals surface area contributed by atoms with Gasteiger partial charge < -0.3 is 0 Å². The normalized spacial score (nSPS) is 12.1. The molecular weight excluding hydrogens is 346 g/mol. The van der Waals surface area contributed by atoms with Crippen molar-refractivity contribution in [3.05, 3.63) is 27.7 Å². The van der Waals surface area contributed by atoms with Gasteiger partial charge in [0.2, 0.25) is 10.0 Å². The summed E-state index contributed by atoms with van der Waals surface area (Å²) in [5, 5.41) is 0.496. The number of thioether (sulfide) groups is 1. The van der Waals surface area contributed by atoms with Gasteiger partial charge in [-0.05, 0) is 40.4 Å². The van der Waals surface area contributed by atoms with Crippen molar-refractivity contribution in [2.75, 3.05) is 25.6 Å². The second-order valence-electron chi connectivity index (χ2n) is 3.40. The van der Waals surface area contributed by atoms with Crippen LogP contribution in [0.1, 0.15) is 0 Å². The van der Waals surface area contributed by atoms with Crippen molar-refractivity contribution in [3.63, 3.8) is 0 Å². The maximum Gasteiger partial charge on any atom is 0.242 e. The largest absolute Gasteiger partial charge is 0.242 e. The van der Waals surface area contributed by atoms with E-state index < -0.39 is 10.0 Å². The van der Waals surface area contributed by atoms with Gasteiger partial charge >= 0.3 is 0 Å². The number of hydrogen-bond donors (Lipinski definition) is 0.